The molecule has 0 aliphatic carbocycles. The van der Waals surface area contributed by atoms with Crippen LogP contribution < -0.4 is 9.64 Å². The molecule has 5 heteroatoms. The van der Waals surface area contributed by atoms with Gasteiger partial charge in [-0.2, -0.15) is 5.12 Å². The molecule has 138 valence electrons. The Hall–Kier alpha value is -2.56. The number of ether oxygens (including phenoxy) is 1. The van der Waals surface area contributed by atoms with Gasteiger partial charge in [0.1, 0.15) is 5.75 Å². The van der Waals surface area contributed by atoms with Crippen LogP contribution in [-0.4, -0.2) is 37.3 Å². The standard InChI is InChI=1S/C21H25FN2O2/c1-17(25)24(22)14-13-23-12-11-19-9-10-20(16-21(19)23)26-15-5-8-18-6-3-2-4-7-18/h2-4,6-7,9-10,16H,5,8,11-15H2,1H3. The zero-order valence-corrected chi connectivity index (χ0v) is 15.2. The van der Waals surface area contributed by atoms with Crippen LogP contribution in [0.15, 0.2) is 48.5 Å². The van der Waals surface area contributed by atoms with Crippen molar-refractivity contribution in [2.75, 3.05) is 31.1 Å². The van der Waals surface area contributed by atoms with E-state index in [9.17, 15) is 9.28 Å². The van der Waals surface area contributed by atoms with Crippen LogP contribution in [0.25, 0.3) is 0 Å². The Morgan fingerprint density at radius 3 is 2.81 bits per heavy atom. The van der Waals surface area contributed by atoms with Crippen LogP contribution in [0.3, 0.4) is 0 Å². The van der Waals surface area contributed by atoms with Gasteiger partial charge >= 0.3 is 0 Å². The normalized spacial score (nSPS) is 12.8. The Morgan fingerprint density at radius 2 is 2.04 bits per heavy atom. The van der Waals surface area contributed by atoms with Crippen LogP contribution in [0, 0.1) is 0 Å². The third-order valence-corrected chi connectivity index (χ3v) is 4.68. The molecular weight excluding hydrogens is 331 g/mol. The highest BCUT2D eigenvalue weighted by molar-refractivity contribution is 5.72. The number of carbonyl (C=O) groups is 1. The van der Waals surface area contributed by atoms with E-state index in [-0.39, 0.29) is 11.7 Å². The van der Waals surface area contributed by atoms with Gasteiger partial charge in [-0.25, -0.2) is 0 Å². The summed E-state index contributed by atoms with van der Waals surface area (Å²) in [5.41, 5.74) is 3.65. The van der Waals surface area contributed by atoms with Gasteiger partial charge in [0.15, 0.2) is 0 Å². The van der Waals surface area contributed by atoms with Crippen LogP contribution in [0.2, 0.25) is 0 Å². The number of halogens is 1. The second-order valence-electron chi connectivity index (χ2n) is 6.57. The van der Waals surface area contributed by atoms with Crippen LogP contribution in [0.1, 0.15) is 24.5 Å². The fourth-order valence-electron chi connectivity index (χ4n) is 3.22. The van der Waals surface area contributed by atoms with E-state index in [0.717, 1.165) is 37.2 Å². The zero-order valence-electron chi connectivity index (χ0n) is 15.2. The topological polar surface area (TPSA) is 32.8 Å². The number of anilines is 1. The van der Waals surface area contributed by atoms with Crippen molar-refractivity contribution in [2.24, 2.45) is 0 Å². The summed E-state index contributed by atoms with van der Waals surface area (Å²) in [5, 5.41) is 0.266. The molecule has 0 fully saturated rings. The van der Waals surface area contributed by atoms with Gasteiger partial charge in [0.2, 0.25) is 5.91 Å². The molecule has 0 saturated carbocycles. The molecule has 0 atom stereocenters. The first-order chi connectivity index (χ1) is 12.6. The summed E-state index contributed by atoms with van der Waals surface area (Å²) in [5.74, 6) is 0.285. The maximum Gasteiger partial charge on any atom is 0.247 e. The fourth-order valence-corrected chi connectivity index (χ4v) is 3.22. The summed E-state index contributed by atoms with van der Waals surface area (Å²) in [6.45, 7) is 3.31. The molecule has 1 aliphatic heterocycles. The molecule has 0 radical (unpaired) electrons. The summed E-state index contributed by atoms with van der Waals surface area (Å²) in [4.78, 5) is 13.1. The van der Waals surface area contributed by atoms with E-state index in [1.165, 1.54) is 18.1 Å². The van der Waals surface area contributed by atoms with Crippen molar-refractivity contribution < 1.29 is 14.0 Å². The Labute approximate surface area is 154 Å². The summed E-state index contributed by atoms with van der Waals surface area (Å²) < 4.78 is 19.3. The maximum atomic E-state index is 13.4. The lowest BCUT2D eigenvalue weighted by molar-refractivity contribution is -0.143. The first-order valence-electron chi connectivity index (χ1n) is 9.12. The Bertz CT molecular complexity index is 736. The molecular formula is C21H25FN2O2. The predicted molar refractivity (Wildman–Crippen MR) is 101 cm³/mol. The number of aryl methyl sites for hydroxylation is 1. The van der Waals surface area contributed by atoms with Crippen molar-refractivity contribution in [3.05, 3.63) is 59.7 Å². The summed E-state index contributed by atoms with van der Waals surface area (Å²) in [6, 6.07) is 16.5. The Kier molecular flexibility index (Phi) is 6.10. The molecule has 0 spiro atoms. The molecule has 0 bridgehead atoms. The van der Waals surface area contributed by atoms with Gasteiger partial charge in [0.05, 0.1) is 13.2 Å². The second-order valence-corrected chi connectivity index (χ2v) is 6.57. The molecule has 26 heavy (non-hydrogen) atoms. The van der Waals surface area contributed by atoms with Gasteiger partial charge in [0.25, 0.3) is 0 Å². The van der Waals surface area contributed by atoms with Crippen LogP contribution >= 0.6 is 0 Å². The molecule has 0 saturated heterocycles. The van der Waals surface area contributed by atoms with Gasteiger partial charge in [-0.1, -0.05) is 40.9 Å². The van der Waals surface area contributed by atoms with E-state index in [2.05, 4.69) is 35.2 Å². The highest BCUT2D eigenvalue weighted by atomic mass is 19.2. The van der Waals surface area contributed by atoms with Crippen LogP contribution in [0.5, 0.6) is 5.75 Å². The van der Waals surface area contributed by atoms with Gasteiger partial charge in [-0.15, -0.1) is 0 Å². The van der Waals surface area contributed by atoms with Crippen molar-refractivity contribution in [1.29, 1.82) is 0 Å². The zero-order chi connectivity index (χ0) is 18.4. The minimum Gasteiger partial charge on any atom is -0.494 e. The van der Waals surface area contributed by atoms with Crippen LogP contribution in [0.4, 0.5) is 10.2 Å². The van der Waals surface area contributed by atoms with Crippen molar-refractivity contribution in [3.63, 3.8) is 0 Å². The van der Waals surface area contributed by atoms with E-state index in [1.54, 1.807) is 0 Å². The lowest BCUT2D eigenvalue weighted by Crippen LogP contribution is -2.32. The van der Waals surface area contributed by atoms with Crippen LogP contribution in [-0.2, 0) is 17.6 Å². The maximum absolute atomic E-state index is 13.4. The average molecular weight is 356 g/mol. The SMILES string of the molecule is CC(=O)N(F)CCN1CCc2ccc(OCCCc3ccccc3)cc21. The first kappa shape index (κ1) is 18.2. The third-order valence-electron chi connectivity index (χ3n) is 4.68. The number of rotatable bonds is 8. The predicted octanol–water partition coefficient (Wildman–Crippen LogP) is 3.79. The molecule has 0 unspecified atom stereocenters. The van der Waals surface area contributed by atoms with Crippen molar-refractivity contribution in [1.82, 2.24) is 5.12 Å². The van der Waals surface area contributed by atoms with Gasteiger partial charge in [-0.3, -0.25) is 4.79 Å². The van der Waals surface area contributed by atoms with Crippen molar-refractivity contribution in [3.8, 4) is 5.75 Å². The van der Waals surface area contributed by atoms with E-state index in [4.69, 9.17) is 4.74 Å². The first-order valence-corrected chi connectivity index (χ1v) is 9.12. The highest BCUT2D eigenvalue weighted by Gasteiger charge is 2.20. The minimum atomic E-state index is -0.556. The summed E-state index contributed by atoms with van der Waals surface area (Å²) >= 11 is 0. The van der Waals surface area contributed by atoms with E-state index in [1.807, 2.05) is 18.2 Å². The number of hydrogen-bond donors (Lipinski definition) is 0. The molecule has 1 amide bonds. The Morgan fingerprint density at radius 1 is 1.23 bits per heavy atom. The number of hydrogen-bond acceptors (Lipinski definition) is 3. The largest absolute Gasteiger partial charge is 0.494 e. The molecule has 2 aromatic carbocycles. The molecule has 2 aromatic rings. The van der Waals surface area contributed by atoms with E-state index < -0.39 is 5.91 Å². The molecule has 1 aliphatic rings. The van der Waals surface area contributed by atoms with Gasteiger partial charge in [0, 0.05) is 31.8 Å². The van der Waals surface area contributed by atoms with Gasteiger partial charge < -0.3 is 9.64 Å². The smallest absolute Gasteiger partial charge is 0.247 e. The monoisotopic (exact) mass is 356 g/mol. The lowest BCUT2D eigenvalue weighted by Gasteiger charge is -2.21. The number of carbonyl (C=O) groups excluding carboxylic acids is 1. The van der Waals surface area contributed by atoms with Crippen molar-refractivity contribution in [2.45, 2.75) is 26.2 Å². The second kappa shape index (κ2) is 8.70. The minimum absolute atomic E-state index is 0.0803. The van der Waals surface area contributed by atoms with E-state index in [0.29, 0.717) is 13.2 Å². The molecule has 4 nitrogen and oxygen atoms in total. The molecule has 1 heterocycles. The lowest BCUT2D eigenvalue weighted by atomic mass is 10.1. The van der Waals surface area contributed by atoms with E-state index >= 15 is 0 Å². The molecule has 0 N–H and O–H groups in total. The number of amides is 1. The molecule has 3 rings (SSSR count). The third kappa shape index (κ3) is 4.75. The molecule has 0 aromatic heterocycles. The van der Waals surface area contributed by atoms with Crippen molar-refractivity contribution >= 4 is 11.6 Å². The fraction of sp³-hybridized carbons (Fsp3) is 0.381. The van der Waals surface area contributed by atoms with Gasteiger partial charge in [-0.05, 0) is 36.5 Å². The quantitative estimate of drug-likeness (QED) is 0.533. The number of nitrogens with zero attached hydrogens (tertiary/aromatic N) is 2. The number of fused-ring (bicyclic) bond motifs is 1. The number of benzene rings is 2. The summed E-state index contributed by atoms with van der Waals surface area (Å²) in [6.07, 6.45) is 2.89. The summed E-state index contributed by atoms with van der Waals surface area (Å²) in [7, 11) is 0. The Balaban J connectivity index is 1.51. The highest BCUT2D eigenvalue weighted by Crippen LogP contribution is 2.31. The average Bonchev–Trinajstić information content (AvgIpc) is 3.06.